The van der Waals surface area contributed by atoms with Crippen molar-refractivity contribution >= 4 is 49.0 Å². The van der Waals surface area contributed by atoms with Gasteiger partial charge in [0.05, 0.1) is 32.6 Å². The predicted octanol–water partition coefficient (Wildman–Crippen LogP) is 3.52. The van der Waals surface area contributed by atoms with E-state index >= 15 is 0 Å². The van der Waals surface area contributed by atoms with E-state index in [0.717, 1.165) is 27.2 Å². The number of thiazole rings is 1. The van der Waals surface area contributed by atoms with Gasteiger partial charge in [-0.2, -0.15) is 0 Å². The van der Waals surface area contributed by atoms with Gasteiger partial charge in [0.1, 0.15) is 0 Å². The molecule has 4 rings (SSSR count). The van der Waals surface area contributed by atoms with E-state index in [0.29, 0.717) is 44.5 Å². The van der Waals surface area contributed by atoms with E-state index in [1.807, 2.05) is 41.3 Å². The minimum atomic E-state index is -3.01. The Morgan fingerprint density at radius 2 is 1.77 bits per heavy atom. The number of aromatic nitrogens is 1. The molecule has 0 saturated carbocycles. The lowest BCUT2D eigenvalue weighted by atomic mass is 9.95. The molecule has 0 aliphatic carbocycles. The van der Waals surface area contributed by atoms with E-state index in [1.54, 1.807) is 18.4 Å². The van der Waals surface area contributed by atoms with Crippen molar-refractivity contribution in [2.45, 2.75) is 51.5 Å². The highest BCUT2D eigenvalue weighted by molar-refractivity contribution is 7.91. The molecule has 1 aliphatic heterocycles. The minimum absolute atomic E-state index is 0.0256. The molecular weight excluding hydrogens is 597 g/mol. The van der Waals surface area contributed by atoms with Gasteiger partial charge >= 0.3 is 0 Å². The lowest BCUT2D eigenvalue weighted by molar-refractivity contribution is -0.130. The molecule has 2 atom stereocenters. The van der Waals surface area contributed by atoms with Crippen LogP contribution in [-0.2, 0) is 43.5 Å². The zero-order valence-corrected chi connectivity index (χ0v) is 27.1. The van der Waals surface area contributed by atoms with Crippen molar-refractivity contribution in [3.8, 4) is 0 Å². The molecule has 1 aromatic heterocycles. The van der Waals surface area contributed by atoms with Crippen molar-refractivity contribution in [2.75, 3.05) is 38.2 Å². The molecule has 9 nitrogen and oxygen atoms in total. The Kier molecular flexibility index (Phi) is 11.8. The van der Waals surface area contributed by atoms with Crippen LogP contribution in [0.3, 0.4) is 0 Å². The summed E-state index contributed by atoms with van der Waals surface area (Å²) < 4.78 is 24.6. The Labute approximate surface area is 264 Å². The zero-order valence-electron chi connectivity index (χ0n) is 25.5. The van der Waals surface area contributed by atoms with Gasteiger partial charge in [0, 0.05) is 57.6 Å². The summed E-state index contributed by atoms with van der Waals surface area (Å²) in [6.07, 6.45) is 2.41. The van der Waals surface area contributed by atoms with Crippen molar-refractivity contribution < 1.29 is 22.8 Å². The Morgan fingerprint density at radius 3 is 2.45 bits per heavy atom. The van der Waals surface area contributed by atoms with Crippen molar-refractivity contribution in [2.24, 2.45) is 5.92 Å². The number of Topliss-reactive ketones (excluding diaryl/α,β-unsaturated/α-hetero) is 1. The van der Waals surface area contributed by atoms with Gasteiger partial charge in [-0.15, -0.1) is 11.3 Å². The van der Waals surface area contributed by atoms with Crippen LogP contribution in [0.4, 0.5) is 0 Å². The van der Waals surface area contributed by atoms with Crippen molar-refractivity contribution in [1.29, 1.82) is 0 Å². The number of amides is 2. The van der Waals surface area contributed by atoms with Crippen LogP contribution in [-0.4, -0.2) is 80.1 Å². The maximum absolute atomic E-state index is 13.7. The molecule has 236 valence electrons. The second kappa shape index (κ2) is 15.5. The van der Waals surface area contributed by atoms with Gasteiger partial charge in [-0.05, 0) is 42.5 Å². The fourth-order valence-electron chi connectivity index (χ4n) is 5.31. The van der Waals surface area contributed by atoms with Gasteiger partial charge in [-0.25, -0.2) is 13.4 Å². The topological polar surface area (TPSA) is 126 Å². The van der Waals surface area contributed by atoms with Gasteiger partial charge < -0.3 is 10.6 Å². The number of fused-ring (bicyclic) bond motifs is 1. The number of ketones is 1. The van der Waals surface area contributed by atoms with Crippen LogP contribution in [0.2, 0.25) is 0 Å². The Hall–Kier alpha value is -3.41. The molecule has 11 heteroatoms. The Morgan fingerprint density at radius 1 is 1.05 bits per heavy atom. The molecule has 1 fully saturated rings. The van der Waals surface area contributed by atoms with Crippen LogP contribution < -0.4 is 10.6 Å². The third kappa shape index (κ3) is 9.80. The summed E-state index contributed by atoms with van der Waals surface area (Å²) in [7, 11) is -1.45. The first-order valence-corrected chi connectivity index (χ1v) is 17.8. The first kappa shape index (κ1) is 33.5. The summed E-state index contributed by atoms with van der Waals surface area (Å²) in [5.74, 6) is -1.02. The second-order valence-corrected chi connectivity index (χ2v) is 14.8. The molecule has 0 bridgehead atoms. The molecule has 1 saturated heterocycles. The van der Waals surface area contributed by atoms with Gasteiger partial charge in [0.15, 0.2) is 15.6 Å². The van der Waals surface area contributed by atoms with Crippen molar-refractivity contribution in [3.05, 3.63) is 76.8 Å². The van der Waals surface area contributed by atoms with E-state index in [-0.39, 0.29) is 48.0 Å². The summed E-state index contributed by atoms with van der Waals surface area (Å²) in [5.41, 5.74) is 3.57. The van der Waals surface area contributed by atoms with Gasteiger partial charge in [0.25, 0.3) is 0 Å². The van der Waals surface area contributed by atoms with Crippen LogP contribution in [0.15, 0.2) is 60.7 Å². The summed E-state index contributed by atoms with van der Waals surface area (Å²) in [4.78, 5) is 45.9. The Bertz CT molecular complexity index is 1570. The van der Waals surface area contributed by atoms with Crippen LogP contribution in [0.1, 0.15) is 42.3 Å². The molecule has 2 amide bonds. The number of aryl methyl sites for hydroxylation is 1. The number of benzene rings is 2. The first-order chi connectivity index (χ1) is 21.0. The molecule has 2 N–H and O–H groups in total. The Balaban J connectivity index is 1.44. The summed E-state index contributed by atoms with van der Waals surface area (Å²) >= 11 is 1.55. The predicted molar refractivity (Wildman–Crippen MR) is 175 cm³/mol. The van der Waals surface area contributed by atoms with Crippen LogP contribution in [0, 0.1) is 5.92 Å². The van der Waals surface area contributed by atoms with E-state index in [2.05, 4.69) is 36.3 Å². The number of carbonyl (C=O) groups excluding carboxylic acids is 3. The monoisotopic (exact) mass is 638 g/mol. The minimum Gasteiger partial charge on any atom is -0.359 e. The van der Waals surface area contributed by atoms with Crippen LogP contribution >= 0.6 is 11.3 Å². The summed E-state index contributed by atoms with van der Waals surface area (Å²) in [6.45, 7) is 7.19. The maximum Gasteiger partial charge on any atom is 0.224 e. The van der Waals surface area contributed by atoms with E-state index in [1.165, 1.54) is 5.56 Å². The molecule has 2 aromatic carbocycles. The third-order valence-electron chi connectivity index (χ3n) is 8.04. The lowest BCUT2D eigenvalue weighted by Gasteiger charge is -2.27. The van der Waals surface area contributed by atoms with Crippen LogP contribution in [0.25, 0.3) is 10.2 Å². The van der Waals surface area contributed by atoms with Gasteiger partial charge in [0.2, 0.25) is 11.8 Å². The van der Waals surface area contributed by atoms with Crippen molar-refractivity contribution in [1.82, 2.24) is 20.5 Å². The van der Waals surface area contributed by atoms with E-state index in [4.69, 9.17) is 4.98 Å². The number of sulfone groups is 1. The smallest absolute Gasteiger partial charge is 0.224 e. The highest BCUT2D eigenvalue weighted by Crippen LogP contribution is 2.26. The summed E-state index contributed by atoms with van der Waals surface area (Å²) in [5, 5.41) is 6.58. The van der Waals surface area contributed by atoms with Crippen LogP contribution in [0.5, 0.6) is 0 Å². The molecule has 0 radical (unpaired) electrons. The normalized spacial score (nSPS) is 16.2. The molecule has 2 heterocycles. The number of hydrogen-bond donors (Lipinski definition) is 2. The molecule has 44 heavy (non-hydrogen) atoms. The fourth-order valence-corrected chi connectivity index (χ4v) is 7.70. The van der Waals surface area contributed by atoms with E-state index in [9.17, 15) is 22.8 Å². The third-order valence-corrected chi connectivity index (χ3v) is 10.7. The molecule has 0 spiro atoms. The number of carbonyl (C=O) groups is 3. The molecule has 1 aliphatic rings. The summed E-state index contributed by atoms with van der Waals surface area (Å²) in [6, 6.07) is 15.6. The fraction of sp³-hybridized carbons (Fsp3) is 0.455. The largest absolute Gasteiger partial charge is 0.359 e. The SMILES string of the molecule is C=C(CN1CCS(=O)(=O)CC1)C(=O)CC[C@H](Cc1ccccc1)NC(=O)[C@@H](CC(=O)NC)Cc1nc2ccc(CC)cc2s1. The maximum atomic E-state index is 13.7. The zero-order chi connectivity index (χ0) is 31.7. The standard InChI is InChI=1S/C33H42N4O5S2/c1-4-24-10-12-28-30(19-24)43-32(36-28)21-26(20-31(39)34-3)33(40)35-27(18-25-8-6-5-7-9-25)11-13-29(38)23(2)22-37-14-16-44(41,42)17-15-37/h5-10,12,19,26-27H,2,4,11,13-18,20-22H2,1,3H3,(H,34,39)(H,35,40)/t26-,27+/m0/s1. The number of nitrogens with one attached hydrogen (secondary N) is 2. The quantitative estimate of drug-likeness (QED) is 0.244. The highest BCUT2D eigenvalue weighted by atomic mass is 32.2. The molecule has 3 aromatic rings. The average molecular weight is 639 g/mol. The van der Waals surface area contributed by atoms with Gasteiger partial charge in [-0.1, -0.05) is 49.9 Å². The second-order valence-electron chi connectivity index (χ2n) is 11.4. The highest BCUT2D eigenvalue weighted by Gasteiger charge is 2.27. The molecule has 0 unspecified atom stereocenters. The van der Waals surface area contributed by atoms with E-state index < -0.39 is 15.8 Å². The average Bonchev–Trinajstić information content (AvgIpc) is 3.42. The first-order valence-electron chi connectivity index (χ1n) is 15.1. The number of nitrogens with zero attached hydrogens (tertiary/aromatic N) is 2. The van der Waals surface area contributed by atoms with Gasteiger partial charge in [-0.3, -0.25) is 19.3 Å². The molecular formula is C33H42N4O5S2. The number of hydrogen-bond acceptors (Lipinski definition) is 8. The lowest BCUT2D eigenvalue weighted by Crippen LogP contribution is -2.43. The van der Waals surface area contributed by atoms with Crippen molar-refractivity contribution in [3.63, 3.8) is 0 Å². The number of rotatable bonds is 15.